The first kappa shape index (κ1) is 18.4. The molecule has 0 amide bonds. The van der Waals surface area contributed by atoms with Crippen molar-refractivity contribution >= 4 is 16.7 Å². The van der Waals surface area contributed by atoms with Gasteiger partial charge in [0.1, 0.15) is 35.2 Å². The van der Waals surface area contributed by atoms with Gasteiger partial charge < -0.3 is 19.1 Å². The standard InChI is InChI=1S/C23H26N2O3/c1-26-19-13-17(14-20(15-19)27-2)16-28-21-8-6-7-18-9-10-22(24-23(18)21)25-11-4-3-5-12-25/h6-10,13-15H,3-5,11-12,16H2,1-2H3. The van der Waals surface area contributed by atoms with Crippen molar-refractivity contribution in [2.24, 2.45) is 0 Å². The predicted molar refractivity (Wildman–Crippen MR) is 112 cm³/mol. The number of ether oxygens (including phenoxy) is 3. The Morgan fingerprint density at radius 3 is 2.36 bits per heavy atom. The van der Waals surface area contributed by atoms with Crippen molar-refractivity contribution in [3.8, 4) is 17.2 Å². The van der Waals surface area contributed by atoms with Gasteiger partial charge in [0.25, 0.3) is 0 Å². The molecule has 0 aliphatic carbocycles. The van der Waals surface area contributed by atoms with E-state index in [9.17, 15) is 0 Å². The second kappa shape index (κ2) is 8.38. The molecule has 0 radical (unpaired) electrons. The number of para-hydroxylation sites is 1. The third-order valence-electron chi connectivity index (χ3n) is 5.15. The van der Waals surface area contributed by atoms with Crippen LogP contribution in [-0.2, 0) is 6.61 Å². The molecule has 1 aliphatic rings. The summed E-state index contributed by atoms with van der Waals surface area (Å²) in [6.07, 6.45) is 3.77. The highest BCUT2D eigenvalue weighted by Gasteiger charge is 2.14. The minimum Gasteiger partial charge on any atom is -0.497 e. The summed E-state index contributed by atoms with van der Waals surface area (Å²) in [5.41, 5.74) is 1.89. The lowest BCUT2D eigenvalue weighted by Gasteiger charge is -2.28. The molecule has 1 aromatic heterocycles. The van der Waals surface area contributed by atoms with Crippen molar-refractivity contribution in [3.05, 3.63) is 54.1 Å². The zero-order valence-corrected chi connectivity index (χ0v) is 16.5. The van der Waals surface area contributed by atoms with Gasteiger partial charge in [-0.3, -0.25) is 0 Å². The molecule has 1 aliphatic heterocycles. The predicted octanol–water partition coefficient (Wildman–Crippen LogP) is 4.82. The molecule has 5 nitrogen and oxygen atoms in total. The third kappa shape index (κ3) is 3.98. The van der Waals surface area contributed by atoms with Crippen LogP contribution in [0, 0.1) is 0 Å². The molecule has 4 rings (SSSR count). The number of aromatic nitrogens is 1. The van der Waals surface area contributed by atoms with Crippen LogP contribution in [0.2, 0.25) is 0 Å². The van der Waals surface area contributed by atoms with Crippen molar-refractivity contribution in [2.75, 3.05) is 32.2 Å². The van der Waals surface area contributed by atoms with E-state index in [1.165, 1.54) is 19.3 Å². The first-order chi connectivity index (χ1) is 13.8. The molecular weight excluding hydrogens is 352 g/mol. The summed E-state index contributed by atoms with van der Waals surface area (Å²) in [5, 5.41) is 1.08. The summed E-state index contributed by atoms with van der Waals surface area (Å²) >= 11 is 0. The van der Waals surface area contributed by atoms with Crippen molar-refractivity contribution in [3.63, 3.8) is 0 Å². The topological polar surface area (TPSA) is 43.8 Å². The summed E-state index contributed by atoms with van der Waals surface area (Å²) in [4.78, 5) is 7.30. The van der Waals surface area contributed by atoms with Gasteiger partial charge in [0.05, 0.1) is 14.2 Å². The average Bonchev–Trinajstić information content (AvgIpc) is 2.77. The fourth-order valence-electron chi connectivity index (χ4n) is 3.64. The lowest BCUT2D eigenvalue weighted by Crippen LogP contribution is -2.30. The third-order valence-corrected chi connectivity index (χ3v) is 5.15. The molecule has 28 heavy (non-hydrogen) atoms. The molecule has 0 spiro atoms. The summed E-state index contributed by atoms with van der Waals surface area (Å²) < 4.78 is 16.9. The van der Waals surface area contributed by atoms with Gasteiger partial charge in [0, 0.05) is 24.5 Å². The Kier molecular flexibility index (Phi) is 5.51. The molecule has 3 aromatic rings. The zero-order chi connectivity index (χ0) is 19.3. The average molecular weight is 378 g/mol. The molecule has 1 fully saturated rings. The maximum Gasteiger partial charge on any atom is 0.146 e. The number of anilines is 1. The van der Waals surface area contributed by atoms with Crippen LogP contribution in [-0.4, -0.2) is 32.3 Å². The second-order valence-electron chi connectivity index (χ2n) is 7.05. The van der Waals surface area contributed by atoms with E-state index in [1.807, 2.05) is 30.3 Å². The number of hydrogen-bond donors (Lipinski definition) is 0. The first-order valence-corrected chi connectivity index (χ1v) is 9.76. The summed E-state index contributed by atoms with van der Waals surface area (Å²) in [5.74, 6) is 3.33. The number of rotatable bonds is 6. The van der Waals surface area contributed by atoms with E-state index in [1.54, 1.807) is 14.2 Å². The van der Waals surface area contributed by atoms with E-state index in [0.717, 1.165) is 52.6 Å². The smallest absolute Gasteiger partial charge is 0.146 e. The van der Waals surface area contributed by atoms with Gasteiger partial charge >= 0.3 is 0 Å². The monoisotopic (exact) mass is 378 g/mol. The molecule has 0 atom stereocenters. The van der Waals surface area contributed by atoms with Gasteiger partial charge in [0.2, 0.25) is 0 Å². The van der Waals surface area contributed by atoms with Crippen LogP contribution in [0.15, 0.2) is 48.5 Å². The van der Waals surface area contributed by atoms with Gasteiger partial charge in [-0.25, -0.2) is 4.98 Å². The molecule has 1 saturated heterocycles. The number of piperidine rings is 1. The molecule has 0 N–H and O–H groups in total. The van der Waals surface area contributed by atoms with Gasteiger partial charge in [-0.1, -0.05) is 12.1 Å². The largest absolute Gasteiger partial charge is 0.497 e. The van der Waals surface area contributed by atoms with E-state index in [2.05, 4.69) is 23.1 Å². The number of benzene rings is 2. The van der Waals surface area contributed by atoms with Gasteiger partial charge in [-0.2, -0.15) is 0 Å². The lowest BCUT2D eigenvalue weighted by molar-refractivity contribution is 0.307. The van der Waals surface area contributed by atoms with Crippen LogP contribution in [0.3, 0.4) is 0 Å². The number of methoxy groups -OCH3 is 2. The number of fused-ring (bicyclic) bond motifs is 1. The van der Waals surface area contributed by atoms with E-state index >= 15 is 0 Å². The SMILES string of the molecule is COc1cc(COc2cccc3ccc(N4CCCCC4)nc23)cc(OC)c1. The van der Waals surface area contributed by atoms with Crippen LogP contribution in [0.25, 0.3) is 10.9 Å². The van der Waals surface area contributed by atoms with E-state index in [-0.39, 0.29) is 0 Å². The van der Waals surface area contributed by atoms with Crippen molar-refractivity contribution in [2.45, 2.75) is 25.9 Å². The van der Waals surface area contributed by atoms with E-state index in [0.29, 0.717) is 6.61 Å². The first-order valence-electron chi connectivity index (χ1n) is 9.76. The Labute approximate surface area is 165 Å². The number of hydrogen-bond acceptors (Lipinski definition) is 5. The van der Waals surface area contributed by atoms with Gasteiger partial charge in [-0.15, -0.1) is 0 Å². The Morgan fingerprint density at radius 2 is 1.64 bits per heavy atom. The highest BCUT2D eigenvalue weighted by atomic mass is 16.5. The van der Waals surface area contributed by atoms with Crippen molar-refractivity contribution < 1.29 is 14.2 Å². The highest BCUT2D eigenvalue weighted by molar-refractivity contribution is 5.86. The summed E-state index contributed by atoms with van der Waals surface area (Å²) in [6.45, 7) is 2.57. The zero-order valence-electron chi connectivity index (χ0n) is 16.5. The Hall–Kier alpha value is -2.95. The minimum atomic E-state index is 0.419. The molecule has 2 aromatic carbocycles. The highest BCUT2D eigenvalue weighted by Crippen LogP contribution is 2.29. The fourth-order valence-corrected chi connectivity index (χ4v) is 3.64. The fraction of sp³-hybridized carbons (Fsp3) is 0.348. The summed E-state index contributed by atoms with van der Waals surface area (Å²) in [6, 6.07) is 16.1. The minimum absolute atomic E-state index is 0.419. The van der Waals surface area contributed by atoms with Crippen LogP contribution < -0.4 is 19.1 Å². The van der Waals surface area contributed by atoms with Gasteiger partial charge in [-0.05, 0) is 55.2 Å². The van der Waals surface area contributed by atoms with Crippen LogP contribution in [0.1, 0.15) is 24.8 Å². The molecule has 5 heteroatoms. The molecular formula is C23H26N2O3. The number of pyridine rings is 1. The Morgan fingerprint density at radius 1 is 0.893 bits per heavy atom. The Bertz CT molecular complexity index is 929. The normalized spacial score (nSPS) is 14.1. The van der Waals surface area contributed by atoms with Crippen LogP contribution in [0.5, 0.6) is 17.2 Å². The second-order valence-corrected chi connectivity index (χ2v) is 7.05. The van der Waals surface area contributed by atoms with E-state index < -0.39 is 0 Å². The van der Waals surface area contributed by atoms with E-state index in [4.69, 9.17) is 19.2 Å². The van der Waals surface area contributed by atoms with Crippen molar-refractivity contribution in [1.82, 2.24) is 4.98 Å². The summed E-state index contributed by atoms with van der Waals surface area (Å²) in [7, 11) is 3.30. The molecule has 2 heterocycles. The Balaban J connectivity index is 1.59. The maximum atomic E-state index is 6.15. The van der Waals surface area contributed by atoms with Crippen LogP contribution in [0.4, 0.5) is 5.82 Å². The maximum absolute atomic E-state index is 6.15. The molecule has 0 unspecified atom stereocenters. The quantitative estimate of drug-likeness (QED) is 0.615. The lowest BCUT2D eigenvalue weighted by atomic mass is 10.1. The molecule has 146 valence electrons. The van der Waals surface area contributed by atoms with Crippen molar-refractivity contribution in [1.29, 1.82) is 0 Å². The molecule has 0 saturated carbocycles. The van der Waals surface area contributed by atoms with Crippen LogP contribution >= 0.6 is 0 Å². The number of nitrogens with zero attached hydrogens (tertiary/aromatic N) is 2. The van der Waals surface area contributed by atoms with Gasteiger partial charge in [0.15, 0.2) is 0 Å². The molecule has 0 bridgehead atoms.